The molecular weight excluding hydrogens is 386 g/mol. The summed E-state index contributed by atoms with van der Waals surface area (Å²) in [6.45, 7) is 0.314. The van der Waals surface area contributed by atoms with E-state index in [1.54, 1.807) is 18.7 Å². The number of fused-ring (bicyclic) bond motifs is 3. The molecule has 1 N–H and O–H groups in total. The second-order valence-corrected chi connectivity index (χ2v) is 7.31. The van der Waals surface area contributed by atoms with Gasteiger partial charge in [-0.25, -0.2) is 9.20 Å². The summed E-state index contributed by atoms with van der Waals surface area (Å²) >= 11 is 0. The number of benzene rings is 1. The van der Waals surface area contributed by atoms with Crippen molar-refractivity contribution in [1.29, 1.82) is 0 Å². The van der Waals surface area contributed by atoms with Crippen LogP contribution < -0.4 is 20.3 Å². The van der Waals surface area contributed by atoms with Crippen molar-refractivity contribution in [3.05, 3.63) is 51.7 Å². The van der Waals surface area contributed by atoms with Crippen molar-refractivity contribution in [3.8, 4) is 11.5 Å². The average molecular weight is 411 g/mol. The van der Waals surface area contributed by atoms with E-state index in [1.807, 2.05) is 18.2 Å². The number of amides is 1. The molecule has 0 unspecified atom stereocenters. The first-order valence-electron chi connectivity index (χ1n) is 10.0. The number of hydrogen-bond donors (Lipinski definition) is 1. The Balaban J connectivity index is 1.40. The molecule has 0 fully saturated rings. The van der Waals surface area contributed by atoms with E-state index in [0.717, 1.165) is 42.5 Å². The zero-order valence-corrected chi connectivity index (χ0v) is 17.2. The topological polar surface area (TPSA) is 99.8 Å². The van der Waals surface area contributed by atoms with Crippen LogP contribution in [0.4, 0.5) is 0 Å². The second kappa shape index (κ2) is 8.56. The smallest absolute Gasteiger partial charge is 0.293 e. The third-order valence-electron chi connectivity index (χ3n) is 5.40. The van der Waals surface area contributed by atoms with Gasteiger partial charge in [0.15, 0.2) is 11.5 Å². The van der Waals surface area contributed by atoms with E-state index in [2.05, 4.69) is 15.5 Å². The number of carbonyl (C=O) groups is 1. The number of ether oxygens (including phenoxy) is 2. The van der Waals surface area contributed by atoms with Gasteiger partial charge in [0.05, 0.1) is 19.9 Å². The van der Waals surface area contributed by atoms with Gasteiger partial charge in [-0.2, -0.15) is 10.2 Å². The summed E-state index contributed by atoms with van der Waals surface area (Å²) in [6.07, 6.45) is 5.99. The van der Waals surface area contributed by atoms with Crippen LogP contribution in [0.5, 0.6) is 11.5 Å². The van der Waals surface area contributed by atoms with E-state index in [4.69, 9.17) is 9.47 Å². The highest BCUT2D eigenvalue weighted by Crippen LogP contribution is 2.27. The van der Waals surface area contributed by atoms with Crippen molar-refractivity contribution in [2.24, 2.45) is 0 Å². The average Bonchev–Trinajstić information content (AvgIpc) is 3.15. The standard InChI is InChI=1S/C21H25N5O4/c1-29-17-8-7-14(11-18(17)30-2)9-10-22-19(27)12-25-21(28)20-15-5-3-4-6-16(15)24-26(20)13-23-25/h7-8,11,13H,3-6,9-10,12H2,1-2H3,(H,22,27). The van der Waals surface area contributed by atoms with E-state index in [9.17, 15) is 9.59 Å². The minimum absolute atomic E-state index is 0.124. The van der Waals surface area contributed by atoms with Crippen LogP contribution in [0.2, 0.25) is 0 Å². The SMILES string of the molecule is COc1ccc(CCNC(=O)Cn2ncn3nc4c(c3c2=O)CCCC4)cc1OC. The fourth-order valence-electron chi connectivity index (χ4n) is 3.86. The van der Waals surface area contributed by atoms with Crippen molar-refractivity contribution in [3.63, 3.8) is 0 Å². The van der Waals surface area contributed by atoms with E-state index >= 15 is 0 Å². The molecule has 0 radical (unpaired) electrons. The molecule has 1 amide bonds. The maximum Gasteiger partial charge on any atom is 0.293 e. The Morgan fingerprint density at radius 3 is 2.77 bits per heavy atom. The lowest BCUT2D eigenvalue weighted by Gasteiger charge is -2.10. The molecule has 0 spiro atoms. The van der Waals surface area contributed by atoms with Gasteiger partial charge in [0.25, 0.3) is 5.56 Å². The van der Waals surface area contributed by atoms with Crippen LogP contribution in [0.3, 0.4) is 0 Å². The fraction of sp³-hybridized carbons (Fsp3) is 0.429. The maximum atomic E-state index is 12.9. The van der Waals surface area contributed by atoms with Crippen molar-refractivity contribution in [2.45, 2.75) is 38.6 Å². The molecule has 1 aliphatic carbocycles. The van der Waals surface area contributed by atoms with Gasteiger partial charge in [-0.3, -0.25) is 9.59 Å². The van der Waals surface area contributed by atoms with Gasteiger partial charge < -0.3 is 14.8 Å². The van der Waals surface area contributed by atoms with Gasteiger partial charge in [0.2, 0.25) is 5.91 Å². The van der Waals surface area contributed by atoms with Gasteiger partial charge in [0.1, 0.15) is 18.4 Å². The summed E-state index contributed by atoms with van der Waals surface area (Å²) in [5.41, 5.74) is 3.24. The predicted molar refractivity (Wildman–Crippen MR) is 110 cm³/mol. The molecule has 1 aromatic carbocycles. The first-order chi connectivity index (χ1) is 14.6. The fourth-order valence-corrected chi connectivity index (χ4v) is 3.86. The van der Waals surface area contributed by atoms with Gasteiger partial charge >= 0.3 is 0 Å². The molecule has 9 nitrogen and oxygen atoms in total. The van der Waals surface area contributed by atoms with E-state index in [0.29, 0.717) is 30.0 Å². The molecule has 1 aliphatic rings. The molecule has 4 rings (SSSR count). The number of aromatic nitrogens is 4. The van der Waals surface area contributed by atoms with Gasteiger partial charge in [-0.15, -0.1) is 0 Å². The molecule has 0 bridgehead atoms. The minimum Gasteiger partial charge on any atom is -0.493 e. The monoisotopic (exact) mass is 411 g/mol. The Bertz CT molecular complexity index is 1130. The summed E-state index contributed by atoms with van der Waals surface area (Å²) in [7, 11) is 3.17. The van der Waals surface area contributed by atoms with Crippen LogP contribution in [0.15, 0.2) is 29.3 Å². The van der Waals surface area contributed by atoms with E-state index < -0.39 is 0 Å². The summed E-state index contributed by atoms with van der Waals surface area (Å²) in [5, 5.41) is 11.4. The highest BCUT2D eigenvalue weighted by Gasteiger charge is 2.20. The minimum atomic E-state index is -0.275. The number of nitrogens with zero attached hydrogens (tertiary/aromatic N) is 4. The van der Waals surface area contributed by atoms with Crippen molar-refractivity contribution in [2.75, 3.05) is 20.8 Å². The molecule has 0 aliphatic heterocycles. The van der Waals surface area contributed by atoms with Crippen LogP contribution in [-0.2, 0) is 30.6 Å². The first-order valence-corrected chi connectivity index (χ1v) is 10.0. The molecule has 158 valence electrons. The molecule has 0 saturated heterocycles. The Morgan fingerprint density at radius 1 is 1.17 bits per heavy atom. The molecule has 2 heterocycles. The molecular formula is C21H25N5O4. The Labute approximate surface area is 173 Å². The molecule has 0 atom stereocenters. The third-order valence-corrected chi connectivity index (χ3v) is 5.40. The number of hydrogen-bond acceptors (Lipinski definition) is 6. The number of methoxy groups -OCH3 is 2. The summed E-state index contributed by atoms with van der Waals surface area (Å²) < 4.78 is 13.3. The number of aryl methyl sites for hydroxylation is 2. The summed E-state index contributed by atoms with van der Waals surface area (Å²) in [4.78, 5) is 25.2. The van der Waals surface area contributed by atoms with Crippen LogP contribution >= 0.6 is 0 Å². The van der Waals surface area contributed by atoms with E-state index in [-0.39, 0.29) is 18.0 Å². The summed E-state index contributed by atoms with van der Waals surface area (Å²) in [5.74, 6) is 1.05. The quantitative estimate of drug-likeness (QED) is 0.626. The van der Waals surface area contributed by atoms with Gasteiger partial charge in [-0.05, 0) is 49.8 Å². The zero-order valence-electron chi connectivity index (χ0n) is 17.2. The van der Waals surface area contributed by atoms with Crippen LogP contribution in [0, 0.1) is 0 Å². The van der Waals surface area contributed by atoms with Crippen molar-refractivity contribution >= 4 is 11.4 Å². The van der Waals surface area contributed by atoms with Gasteiger partial charge in [-0.1, -0.05) is 6.07 Å². The lowest BCUT2D eigenvalue weighted by molar-refractivity contribution is -0.121. The second-order valence-electron chi connectivity index (χ2n) is 7.31. The van der Waals surface area contributed by atoms with Crippen LogP contribution in [0.1, 0.15) is 29.7 Å². The normalized spacial score (nSPS) is 13.1. The zero-order chi connectivity index (χ0) is 21.1. The summed E-state index contributed by atoms with van der Waals surface area (Å²) in [6, 6.07) is 5.64. The van der Waals surface area contributed by atoms with Gasteiger partial charge in [0, 0.05) is 12.1 Å². The molecule has 3 aromatic rings. The molecule has 30 heavy (non-hydrogen) atoms. The predicted octanol–water partition coefficient (Wildman–Crippen LogP) is 1.15. The molecule has 2 aromatic heterocycles. The van der Waals surface area contributed by atoms with Crippen LogP contribution in [-0.4, -0.2) is 46.1 Å². The Morgan fingerprint density at radius 2 is 1.97 bits per heavy atom. The molecule has 0 saturated carbocycles. The van der Waals surface area contributed by atoms with Crippen LogP contribution in [0.25, 0.3) is 5.52 Å². The third kappa shape index (κ3) is 3.87. The number of rotatable bonds is 7. The maximum absolute atomic E-state index is 12.9. The lowest BCUT2D eigenvalue weighted by Crippen LogP contribution is -2.35. The number of carbonyl (C=O) groups excluding carboxylic acids is 1. The first kappa shape index (κ1) is 19.9. The number of nitrogens with one attached hydrogen (secondary N) is 1. The Hall–Kier alpha value is -3.36. The van der Waals surface area contributed by atoms with Crippen molar-refractivity contribution in [1.82, 2.24) is 24.7 Å². The highest BCUT2D eigenvalue weighted by molar-refractivity contribution is 5.75. The largest absolute Gasteiger partial charge is 0.493 e. The Kier molecular flexibility index (Phi) is 5.69. The highest BCUT2D eigenvalue weighted by atomic mass is 16.5. The molecule has 9 heteroatoms. The lowest BCUT2D eigenvalue weighted by atomic mass is 9.97. The van der Waals surface area contributed by atoms with Crippen molar-refractivity contribution < 1.29 is 14.3 Å². The van der Waals surface area contributed by atoms with E-state index in [1.165, 1.54) is 11.0 Å².